The Bertz CT molecular complexity index is 803. The molecule has 0 aromatic heterocycles. The number of nitrogens with zero attached hydrogens (tertiary/aromatic N) is 2. The summed E-state index contributed by atoms with van der Waals surface area (Å²) in [6, 6.07) is 16.1. The van der Waals surface area contributed by atoms with Crippen molar-refractivity contribution in [3.05, 3.63) is 59.7 Å². The molecule has 2 aromatic carbocycles. The molecular formula is C22H30ClN3O3. The van der Waals surface area contributed by atoms with E-state index >= 15 is 0 Å². The molecule has 158 valence electrons. The molecule has 0 aliphatic carbocycles. The van der Waals surface area contributed by atoms with Gasteiger partial charge in [0, 0.05) is 38.6 Å². The first-order chi connectivity index (χ1) is 13.5. The summed E-state index contributed by atoms with van der Waals surface area (Å²) in [5.74, 6) is 1.69. The second-order valence-corrected chi connectivity index (χ2v) is 7.31. The highest BCUT2D eigenvalue weighted by molar-refractivity contribution is 5.85. The van der Waals surface area contributed by atoms with Crippen LogP contribution in [0.15, 0.2) is 48.5 Å². The van der Waals surface area contributed by atoms with Crippen molar-refractivity contribution < 1.29 is 14.3 Å². The van der Waals surface area contributed by atoms with Gasteiger partial charge in [-0.15, -0.1) is 12.4 Å². The fourth-order valence-corrected chi connectivity index (χ4v) is 3.75. The van der Waals surface area contributed by atoms with Crippen LogP contribution in [0.3, 0.4) is 0 Å². The predicted octanol–water partition coefficient (Wildman–Crippen LogP) is 2.51. The second-order valence-electron chi connectivity index (χ2n) is 7.31. The average molecular weight is 420 g/mol. The van der Waals surface area contributed by atoms with E-state index in [0.29, 0.717) is 24.6 Å². The minimum Gasteiger partial charge on any atom is -0.493 e. The summed E-state index contributed by atoms with van der Waals surface area (Å²) >= 11 is 0. The van der Waals surface area contributed by atoms with Crippen LogP contribution in [0.1, 0.15) is 17.0 Å². The van der Waals surface area contributed by atoms with Crippen LogP contribution in [-0.4, -0.2) is 62.7 Å². The molecule has 3 rings (SSSR count). The molecule has 0 spiro atoms. The first-order valence-electron chi connectivity index (χ1n) is 9.49. The van der Waals surface area contributed by atoms with Crippen molar-refractivity contribution in [3.8, 4) is 11.5 Å². The van der Waals surface area contributed by atoms with E-state index in [4.69, 9.17) is 15.2 Å². The highest BCUT2D eigenvalue weighted by Gasteiger charge is 2.32. The summed E-state index contributed by atoms with van der Waals surface area (Å²) < 4.78 is 10.6. The first kappa shape index (κ1) is 23.0. The molecule has 29 heavy (non-hydrogen) atoms. The Kier molecular flexibility index (Phi) is 8.32. The topological polar surface area (TPSA) is 68.0 Å². The highest BCUT2D eigenvalue weighted by Crippen LogP contribution is 2.28. The third-order valence-electron chi connectivity index (χ3n) is 5.32. The first-order valence-corrected chi connectivity index (χ1v) is 9.49. The van der Waals surface area contributed by atoms with Crippen LogP contribution < -0.4 is 15.2 Å². The zero-order chi connectivity index (χ0) is 20.1. The molecular weight excluding hydrogens is 390 g/mol. The summed E-state index contributed by atoms with van der Waals surface area (Å²) in [7, 11) is 5.04. The number of likely N-dealkylation sites (N-methyl/N-ethyl adjacent to an activating group) is 1. The van der Waals surface area contributed by atoms with Crippen molar-refractivity contribution >= 4 is 18.3 Å². The molecule has 1 saturated heterocycles. The molecule has 7 heteroatoms. The van der Waals surface area contributed by atoms with Crippen molar-refractivity contribution in [3.63, 3.8) is 0 Å². The standard InChI is InChI=1S/C22H29N3O3.ClH/c1-24(12-16-9-10-20(27-2)21(11-16)28-3)22(26)15-25-13-18(19(23)14-25)17-7-5-4-6-8-17;/h4-11,18-19H,12-15,23H2,1-3H3;1H/t18-,19+;/m0./s1. The Labute approximate surface area is 179 Å². The van der Waals surface area contributed by atoms with Gasteiger partial charge in [-0.25, -0.2) is 0 Å². The summed E-state index contributed by atoms with van der Waals surface area (Å²) in [4.78, 5) is 16.6. The largest absolute Gasteiger partial charge is 0.493 e. The monoisotopic (exact) mass is 419 g/mol. The normalized spacial score (nSPS) is 18.8. The summed E-state index contributed by atoms with van der Waals surface area (Å²) in [6.07, 6.45) is 0. The van der Waals surface area contributed by atoms with Gasteiger partial charge in [-0.2, -0.15) is 0 Å². The zero-order valence-electron chi connectivity index (χ0n) is 17.2. The lowest BCUT2D eigenvalue weighted by Gasteiger charge is -2.22. The molecule has 1 fully saturated rings. The lowest BCUT2D eigenvalue weighted by molar-refractivity contribution is -0.131. The van der Waals surface area contributed by atoms with E-state index in [1.807, 2.05) is 43.4 Å². The lowest BCUT2D eigenvalue weighted by Crippen LogP contribution is -2.38. The number of benzene rings is 2. The van der Waals surface area contributed by atoms with E-state index in [9.17, 15) is 4.79 Å². The van der Waals surface area contributed by atoms with Crippen LogP contribution in [0.4, 0.5) is 0 Å². The fourth-order valence-electron chi connectivity index (χ4n) is 3.75. The summed E-state index contributed by atoms with van der Waals surface area (Å²) in [5.41, 5.74) is 8.58. The molecule has 1 aliphatic rings. The van der Waals surface area contributed by atoms with E-state index in [2.05, 4.69) is 17.0 Å². The molecule has 2 N–H and O–H groups in total. The minimum absolute atomic E-state index is 0. The minimum atomic E-state index is 0. The second kappa shape index (κ2) is 10.5. The van der Waals surface area contributed by atoms with E-state index < -0.39 is 0 Å². The molecule has 2 atom stereocenters. The summed E-state index contributed by atoms with van der Waals surface area (Å²) in [6.45, 7) is 2.43. The fraction of sp³-hybridized carbons (Fsp3) is 0.409. The maximum Gasteiger partial charge on any atom is 0.236 e. The van der Waals surface area contributed by atoms with Crippen molar-refractivity contribution in [2.75, 3.05) is 40.9 Å². The van der Waals surface area contributed by atoms with Crippen molar-refractivity contribution in [1.82, 2.24) is 9.80 Å². The Hall–Kier alpha value is -2.28. The maximum absolute atomic E-state index is 12.7. The van der Waals surface area contributed by atoms with Gasteiger partial charge in [-0.1, -0.05) is 36.4 Å². The zero-order valence-corrected chi connectivity index (χ0v) is 18.0. The van der Waals surface area contributed by atoms with E-state index in [1.165, 1.54) is 5.56 Å². The number of likely N-dealkylation sites (tertiary alicyclic amines) is 1. The van der Waals surface area contributed by atoms with Crippen LogP contribution in [0.25, 0.3) is 0 Å². The average Bonchev–Trinajstić information content (AvgIpc) is 3.08. The van der Waals surface area contributed by atoms with E-state index in [0.717, 1.165) is 18.7 Å². The quantitative estimate of drug-likeness (QED) is 0.746. The molecule has 1 amide bonds. The third-order valence-corrected chi connectivity index (χ3v) is 5.32. The van der Waals surface area contributed by atoms with E-state index in [1.54, 1.807) is 19.1 Å². The van der Waals surface area contributed by atoms with Crippen LogP contribution in [0, 0.1) is 0 Å². The molecule has 0 radical (unpaired) electrons. The van der Waals surface area contributed by atoms with Gasteiger partial charge in [0.1, 0.15) is 0 Å². The Morgan fingerprint density at radius 3 is 2.45 bits per heavy atom. The maximum atomic E-state index is 12.7. The van der Waals surface area contributed by atoms with Crippen LogP contribution >= 0.6 is 12.4 Å². The molecule has 2 aromatic rings. The van der Waals surface area contributed by atoms with Gasteiger partial charge in [0.05, 0.1) is 20.8 Å². The Balaban J connectivity index is 0.00000300. The number of rotatable bonds is 7. The van der Waals surface area contributed by atoms with Gasteiger partial charge in [0.15, 0.2) is 11.5 Å². The van der Waals surface area contributed by atoms with Gasteiger partial charge in [-0.05, 0) is 23.3 Å². The number of halogens is 1. The van der Waals surface area contributed by atoms with Crippen LogP contribution in [0.2, 0.25) is 0 Å². The molecule has 1 aliphatic heterocycles. The van der Waals surface area contributed by atoms with Gasteiger partial charge in [0.25, 0.3) is 0 Å². The van der Waals surface area contributed by atoms with Crippen molar-refractivity contribution in [2.45, 2.75) is 18.5 Å². The van der Waals surface area contributed by atoms with Crippen molar-refractivity contribution in [2.24, 2.45) is 5.73 Å². The number of ether oxygens (including phenoxy) is 2. The number of hydrogen-bond acceptors (Lipinski definition) is 5. The van der Waals surface area contributed by atoms with Crippen molar-refractivity contribution in [1.29, 1.82) is 0 Å². The smallest absolute Gasteiger partial charge is 0.236 e. The predicted molar refractivity (Wildman–Crippen MR) is 117 cm³/mol. The number of hydrogen-bond donors (Lipinski definition) is 1. The Morgan fingerprint density at radius 1 is 1.10 bits per heavy atom. The van der Waals surface area contributed by atoms with E-state index in [-0.39, 0.29) is 30.3 Å². The van der Waals surface area contributed by atoms with Gasteiger partial charge < -0.3 is 20.1 Å². The molecule has 6 nitrogen and oxygen atoms in total. The Morgan fingerprint density at radius 2 is 1.79 bits per heavy atom. The number of methoxy groups -OCH3 is 2. The number of nitrogens with two attached hydrogens (primary N) is 1. The molecule has 0 unspecified atom stereocenters. The number of carbonyl (C=O) groups is 1. The third kappa shape index (κ3) is 5.63. The van der Waals surface area contributed by atoms with Crippen LogP contribution in [0.5, 0.6) is 11.5 Å². The lowest BCUT2D eigenvalue weighted by atomic mass is 9.95. The molecule has 1 heterocycles. The molecule has 0 saturated carbocycles. The highest BCUT2D eigenvalue weighted by atomic mass is 35.5. The SMILES string of the molecule is COc1ccc(CN(C)C(=O)CN2C[C@@H](N)[C@H](c3ccccc3)C2)cc1OC.Cl. The number of amides is 1. The van der Waals surface area contributed by atoms with Gasteiger partial charge in [-0.3, -0.25) is 9.69 Å². The summed E-state index contributed by atoms with van der Waals surface area (Å²) in [5, 5.41) is 0. The van der Waals surface area contributed by atoms with Gasteiger partial charge >= 0.3 is 0 Å². The van der Waals surface area contributed by atoms with Gasteiger partial charge in [0.2, 0.25) is 5.91 Å². The molecule has 0 bridgehead atoms. The number of carbonyl (C=O) groups excluding carboxylic acids is 1. The van der Waals surface area contributed by atoms with Crippen LogP contribution in [-0.2, 0) is 11.3 Å².